The molecule has 0 unspecified atom stereocenters. The molecule has 0 radical (unpaired) electrons. The molecule has 21 heavy (non-hydrogen) atoms. The van der Waals surface area contributed by atoms with Crippen molar-refractivity contribution in [3.63, 3.8) is 0 Å². The lowest BCUT2D eigenvalue weighted by Gasteiger charge is -2.43. The summed E-state index contributed by atoms with van der Waals surface area (Å²) in [5.74, 6) is 1.72. The van der Waals surface area contributed by atoms with Gasteiger partial charge in [0.05, 0.1) is 8.07 Å². The van der Waals surface area contributed by atoms with E-state index in [1.165, 1.54) is 38.5 Å². The molecule has 2 rings (SSSR count). The third-order valence-electron chi connectivity index (χ3n) is 6.54. The van der Waals surface area contributed by atoms with E-state index in [9.17, 15) is 0 Å². The van der Waals surface area contributed by atoms with Gasteiger partial charge in [0, 0.05) is 0 Å². The maximum atomic E-state index is 2.69. The summed E-state index contributed by atoms with van der Waals surface area (Å²) in [6, 6.07) is 0. The van der Waals surface area contributed by atoms with E-state index in [0.717, 1.165) is 22.9 Å². The molecule has 0 N–H and O–H groups in total. The first kappa shape index (κ1) is 19.0. The molecule has 124 valence electrons. The Labute approximate surface area is 135 Å². The number of hydrogen-bond acceptors (Lipinski definition) is 0. The van der Waals surface area contributed by atoms with Crippen LogP contribution in [0.25, 0.3) is 0 Å². The molecule has 1 heteroatoms. The molecule has 0 aromatic rings. The van der Waals surface area contributed by atoms with Gasteiger partial charge in [-0.05, 0) is 36.8 Å². The topological polar surface area (TPSA) is 0 Å². The Bertz CT molecular complexity index is 347. The van der Waals surface area contributed by atoms with Crippen molar-refractivity contribution in [2.75, 3.05) is 0 Å². The minimum absolute atomic E-state index is 0.824. The van der Waals surface area contributed by atoms with Crippen LogP contribution < -0.4 is 0 Å². The molecule has 1 saturated carbocycles. The summed E-state index contributed by atoms with van der Waals surface area (Å²) >= 11 is 0. The maximum Gasteiger partial charge on any atom is 0.0581 e. The molecule has 1 fully saturated rings. The van der Waals surface area contributed by atoms with E-state index in [0.29, 0.717) is 0 Å². The third-order valence-corrected chi connectivity index (χ3v) is 11.8. The molecule has 0 heterocycles. The van der Waals surface area contributed by atoms with E-state index in [2.05, 4.69) is 54.6 Å². The predicted octanol–water partition coefficient (Wildman–Crippen LogP) is 7.44. The molecule has 0 aromatic heterocycles. The van der Waals surface area contributed by atoms with E-state index in [1.54, 1.807) is 11.1 Å². The molecule has 0 aliphatic heterocycles. The number of rotatable bonds is 2. The van der Waals surface area contributed by atoms with Crippen molar-refractivity contribution >= 4 is 8.07 Å². The van der Waals surface area contributed by atoms with Crippen LogP contribution in [-0.2, 0) is 0 Å². The van der Waals surface area contributed by atoms with E-state index in [4.69, 9.17) is 0 Å². The molecule has 0 spiro atoms. The number of allylic oxidation sites excluding steroid dienone is 2. The monoisotopic (exact) mass is 308 g/mol. The smallest absolute Gasteiger partial charge is 0.0581 e. The van der Waals surface area contributed by atoms with Gasteiger partial charge < -0.3 is 0 Å². The number of hydrogen-bond donors (Lipinski definition) is 0. The summed E-state index contributed by atoms with van der Waals surface area (Å²) in [6.07, 6.45) is 8.80. The summed E-state index contributed by atoms with van der Waals surface area (Å²) < 4.78 is 0. The van der Waals surface area contributed by atoms with Crippen molar-refractivity contribution in [2.24, 2.45) is 11.8 Å². The Morgan fingerprint density at radius 2 is 1.38 bits per heavy atom. The molecule has 0 bridgehead atoms. The van der Waals surface area contributed by atoms with Crippen LogP contribution in [0.4, 0.5) is 0 Å². The van der Waals surface area contributed by atoms with Gasteiger partial charge in [0.2, 0.25) is 0 Å². The molecule has 0 saturated heterocycles. The zero-order chi connectivity index (χ0) is 16.2. The fourth-order valence-corrected chi connectivity index (χ4v) is 10.4. The molecule has 2 aliphatic rings. The van der Waals surface area contributed by atoms with Crippen molar-refractivity contribution in [1.82, 2.24) is 0 Å². The van der Waals surface area contributed by atoms with Gasteiger partial charge in [-0.15, -0.1) is 0 Å². The second-order valence-corrected chi connectivity index (χ2v) is 13.4. The molecule has 0 nitrogen and oxygen atoms in total. The average Bonchev–Trinajstić information content (AvgIpc) is 2.65. The molecule has 0 amide bonds. The molecular formula is C20H40Si. The lowest BCUT2D eigenvalue weighted by Crippen LogP contribution is -2.41. The Hall–Kier alpha value is -0.0431. The minimum atomic E-state index is -1.14. The Kier molecular flexibility index (Phi) is 7.23. The molecule has 2 aliphatic carbocycles. The predicted molar refractivity (Wildman–Crippen MR) is 101 cm³/mol. The Morgan fingerprint density at radius 1 is 0.905 bits per heavy atom. The SMILES string of the molecule is CC1=C(C)[C@@H]([Si](C)(C)C2CCCCC2)[C@H](C)[C@@H]1C.CCC. The zero-order valence-electron chi connectivity index (χ0n) is 16.1. The second kappa shape index (κ2) is 7.99. The van der Waals surface area contributed by atoms with E-state index < -0.39 is 8.07 Å². The van der Waals surface area contributed by atoms with Gasteiger partial charge in [-0.25, -0.2) is 0 Å². The van der Waals surface area contributed by atoms with E-state index in [1.807, 2.05) is 0 Å². The normalized spacial score (nSPS) is 31.1. The highest BCUT2D eigenvalue weighted by atomic mass is 28.3. The highest BCUT2D eigenvalue weighted by Gasteiger charge is 2.47. The molecular weight excluding hydrogens is 268 g/mol. The minimum Gasteiger partial charge on any atom is -0.0734 e. The molecule has 0 aromatic carbocycles. The zero-order valence-corrected chi connectivity index (χ0v) is 17.1. The highest BCUT2D eigenvalue weighted by molar-refractivity contribution is 6.81. The van der Waals surface area contributed by atoms with Crippen LogP contribution in [-0.4, -0.2) is 8.07 Å². The van der Waals surface area contributed by atoms with Crippen LogP contribution in [0.1, 0.15) is 80.1 Å². The lowest BCUT2D eigenvalue weighted by atomic mass is 9.95. The van der Waals surface area contributed by atoms with Crippen LogP contribution in [0.3, 0.4) is 0 Å². The summed E-state index contributed by atoms with van der Waals surface area (Å²) in [5, 5.41) is 0. The van der Waals surface area contributed by atoms with Crippen molar-refractivity contribution in [3.8, 4) is 0 Å². The van der Waals surface area contributed by atoms with Gasteiger partial charge >= 0.3 is 0 Å². The summed E-state index contributed by atoms with van der Waals surface area (Å²) in [4.78, 5) is 0. The standard InChI is InChI=1S/C17H32Si.C3H8/c1-12-13(2)15(4)17(14(12)3)18(5,6)16-10-8-7-9-11-16;1-3-2/h12,14,16-17H,7-11H2,1-6H3;3H2,1-2H3/t12-,14-,17+;/m1./s1. The first-order valence-electron chi connectivity index (χ1n) is 9.46. The average molecular weight is 309 g/mol. The van der Waals surface area contributed by atoms with Crippen LogP contribution in [0, 0.1) is 11.8 Å². The second-order valence-electron chi connectivity index (χ2n) is 8.35. The first-order chi connectivity index (χ1) is 9.78. The van der Waals surface area contributed by atoms with Crippen molar-refractivity contribution in [1.29, 1.82) is 0 Å². The molecule has 3 atom stereocenters. The third kappa shape index (κ3) is 4.03. The van der Waals surface area contributed by atoms with Gasteiger partial charge in [0.1, 0.15) is 0 Å². The van der Waals surface area contributed by atoms with Crippen LogP contribution >= 0.6 is 0 Å². The Morgan fingerprint density at radius 3 is 1.76 bits per heavy atom. The van der Waals surface area contributed by atoms with Crippen molar-refractivity contribution < 1.29 is 0 Å². The van der Waals surface area contributed by atoms with Crippen LogP contribution in [0.5, 0.6) is 0 Å². The summed E-state index contributed by atoms with van der Waals surface area (Å²) in [7, 11) is -1.14. The van der Waals surface area contributed by atoms with Crippen molar-refractivity contribution in [2.45, 2.75) is 104 Å². The lowest BCUT2D eigenvalue weighted by molar-refractivity contribution is 0.448. The summed E-state index contributed by atoms with van der Waals surface area (Å²) in [6.45, 7) is 19.4. The van der Waals surface area contributed by atoms with Gasteiger partial charge in [0.25, 0.3) is 0 Å². The first-order valence-corrected chi connectivity index (χ1v) is 12.6. The quantitative estimate of drug-likeness (QED) is 0.367. The highest BCUT2D eigenvalue weighted by Crippen LogP contribution is 2.55. The van der Waals surface area contributed by atoms with E-state index in [-0.39, 0.29) is 0 Å². The van der Waals surface area contributed by atoms with Crippen LogP contribution in [0.15, 0.2) is 11.1 Å². The fraction of sp³-hybridized carbons (Fsp3) is 0.900. The van der Waals surface area contributed by atoms with E-state index >= 15 is 0 Å². The largest absolute Gasteiger partial charge is 0.0734 e. The van der Waals surface area contributed by atoms with Gasteiger partial charge in [-0.3, -0.25) is 0 Å². The van der Waals surface area contributed by atoms with Crippen LogP contribution in [0.2, 0.25) is 24.2 Å². The fourth-order valence-electron chi connectivity index (χ4n) is 5.02. The maximum absolute atomic E-state index is 2.69. The van der Waals surface area contributed by atoms with Gasteiger partial charge in [-0.2, -0.15) is 0 Å². The van der Waals surface area contributed by atoms with Crippen molar-refractivity contribution in [3.05, 3.63) is 11.1 Å². The van der Waals surface area contributed by atoms with Gasteiger partial charge in [-0.1, -0.05) is 90.5 Å². The Balaban J connectivity index is 0.000000677. The summed E-state index contributed by atoms with van der Waals surface area (Å²) in [5.41, 5.74) is 5.53. The van der Waals surface area contributed by atoms with Gasteiger partial charge in [0.15, 0.2) is 0 Å².